The summed E-state index contributed by atoms with van der Waals surface area (Å²) in [5, 5.41) is 8.30. The van der Waals surface area contributed by atoms with Gasteiger partial charge in [-0.2, -0.15) is 5.10 Å². The predicted molar refractivity (Wildman–Crippen MR) is 107 cm³/mol. The highest BCUT2D eigenvalue weighted by Gasteiger charge is 2.30. The van der Waals surface area contributed by atoms with Crippen LogP contribution in [-0.2, 0) is 30.7 Å². The van der Waals surface area contributed by atoms with Gasteiger partial charge in [0, 0.05) is 56.2 Å². The molecule has 0 radical (unpaired) electrons. The maximum Gasteiger partial charge on any atom is 0.274 e. The van der Waals surface area contributed by atoms with Crippen molar-refractivity contribution in [3.8, 4) is 0 Å². The summed E-state index contributed by atoms with van der Waals surface area (Å²) in [6.07, 6.45) is 7.19. The van der Waals surface area contributed by atoms with E-state index in [9.17, 15) is 4.79 Å². The normalized spacial score (nSPS) is 16.2. The number of ether oxygens (including phenoxy) is 1. The van der Waals surface area contributed by atoms with Crippen molar-refractivity contribution >= 4 is 5.91 Å². The molecular formula is C21H32N4O3. The number of nitrogens with zero attached hydrogens (tertiary/aromatic N) is 3. The van der Waals surface area contributed by atoms with E-state index >= 15 is 0 Å². The molecule has 0 bridgehead atoms. The number of carbonyl (C=O) groups is 1. The quantitative estimate of drug-likeness (QED) is 0.634. The topological polar surface area (TPSA) is 72.5 Å². The van der Waals surface area contributed by atoms with Crippen molar-refractivity contribution in [2.45, 2.75) is 58.7 Å². The Bertz CT molecular complexity index is 754. The van der Waals surface area contributed by atoms with Crippen LogP contribution in [0.2, 0.25) is 0 Å². The lowest BCUT2D eigenvalue weighted by Gasteiger charge is -2.25. The van der Waals surface area contributed by atoms with Gasteiger partial charge < -0.3 is 19.4 Å². The van der Waals surface area contributed by atoms with Crippen LogP contribution in [0.15, 0.2) is 23.0 Å². The second-order valence-electron chi connectivity index (χ2n) is 7.33. The van der Waals surface area contributed by atoms with Gasteiger partial charge in [0.2, 0.25) is 0 Å². The van der Waals surface area contributed by atoms with Gasteiger partial charge in [0.15, 0.2) is 5.69 Å². The molecule has 0 saturated heterocycles. The fourth-order valence-corrected chi connectivity index (χ4v) is 3.83. The fraction of sp³-hybridized carbons (Fsp3) is 0.619. The minimum absolute atomic E-state index is 0.0263. The number of furan rings is 1. The summed E-state index contributed by atoms with van der Waals surface area (Å²) < 4.78 is 12.5. The summed E-state index contributed by atoms with van der Waals surface area (Å²) in [5.74, 6) is -0.0263. The Kier molecular flexibility index (Phi) is 7.28. The summed E-state index contributed by atoms with van der Waals surface area (Å²) in [5.41, 5.74) is 3.91. The highest BCUT2D eigenvalue weighted by Crippen LogP contribution is 2.26. The number of hydrogen-bond donors (Lipinski definition) is 1. The number of fused-ring (bicyclic) bond motifs is 1. The molecule has 2 heterocycles. The average Bonchev–Trinajstić information content (AvgIpc) is 3.34. The minimum atomic E-state index is -0.0263. The molecule has 28 heavy (non-hydrogen) atoms. The predicted octanol–water partition coefficient (Wildman–Crippen LogP) is 2.64. The third kappa shape index (κ3) is 4.83. The lowest BCUT2D eigenvalue weighted by Crippen LogP contribution is -2.36. The summed E-state index contributed by atoms with van der Waals surface area (Å²) in [4.78, 5) is 14.8. The van der Waals surface area contributed by atoms with Crippen LogP contribution in [0.25, 0.3) is 0 Å². The van der Waals surface area contributed by atoms with Crippen molar-refractivity contribution in [2.24, 2.45) is 0 Å². The van der Waals surface area contributed by atoms with Crippen LogP contribution in [0.5, 0.6) is 0 Å². The van der Waals surface area contributed by atoms with Gasteiger partial charge in [-0.3, -0.25) is 9.48 Å². The zero-order chi connectivity index (χ0) is 19.9. The summed E-state index contributed by atoms with van der Waals surface area (Å²) in [6.45, 7) is 7.89. The molecule has 7 heteroatoms. The number of nitrogens with one attached hydrogen (secondary N) is 1. The van der Waals surface area contributed by atoms with Crippen molar-refractivity contribution in [1.82, 2.24) is 20.0 Å². The Balaban J connectivity index is 1.68. The van der Waals surface area contributed by atoms with Crippen molar-refractivity contribution < 1.29 is 13.9 Å². The van der Waals surface area contributed by atoms with Crippen LogP contribution in [0.4, 0.5) is 0 Å². The van der Waals surface area contributed by atoms with Gasteiger partial charge in [0.1, 0.15) is 0 Å². The van der Waals surface area contributed by atoms with Gasteiger partial charge in [-0.25, -0.2) is 0 Å². The van der Waals surface area contributed by atoms with Gasteiger partial charge in [-0.1, -0.05) is 0 Å². The first kappa shape index (κ1) is 20.6. The van der Waals surface area contributed by atoms with Gasteiger partial charge in [-0.15, -0.1) is 0 Å². The van der Waals surface area contributed by atoms with E-state index < -0.39 is 0 Å². The fourth-order valence-electron chi connectivity index (χ4n) is 3.83. The van der Waals surface area contributed by atoms with Crippen LogP contribution in [0.1, 0.15) is 54.0 Å². The molecule has 1 amide bonds. The third-order valence-electron chi connectivity index (χ3n) is 5.30. The number of hydrogen-bond acceptors (Lipinski definition) is 5. The van der Waals surface area contributed by atoms with Crippen LogP contribution >= 0.6 is 0 Å². The molecule has 0 saturated carbocycles. The molecule has 0 spiro atoms. The third-order valence-corrected chi connectivity index (χ3v) is 5.30. The first-order valence-corrected chi connectivity index (χ1v) is 10.3. The Morgan fingerprint density at radius 3 is 3.04 bits per heavy atom. The van der Waals surface area contributed by atoms with E-state index in [1.54, 1.807) is 17.4 Å². The number of aromatic nitrogens is 2. The van der Waals surface area contributed by atoms with Crippen molar-refractivity contribution in [3.05, 3.63) is 41.1 Å². The molecule has 154 valence electrons. The van der Waals surface area contributed by atoms with Gasteiger partial charge in [-0.05, 0) is 52.1 Å². The number of amides is 1. The molecule has 3 rings (SSSR count). The summed E-state index contributed by atoms with van der Waals surface area (Å²) >= 11 is 0. The second-order valence-corrected chi connectivity index (χ2v) is 7.33. The van der Waals surface area contributed by atoms with Gasteiger partial charge in [0.25, 0.3) is 5.91 Å². The van der Waals surface area contributed by atoms with E-state index in [1.165, 1.54) is 5.69 Å². The molecule has 2 aromatic rings. The summed E-state index contributed by atoms with van der Waals surface area (Å²) in [7, 11) is 1.82. The molecule has 0 aromatic carbocycles. The molecule has 1 aliphatic rings. The van der Waals surface area contributed by atoms with Crippen LogP contribution < -0.4 is 5.32 Å². The Hall–Kier alpha value is -2.12. The Morgan fingerprint density at radius 1 is 1.46 bits per heavy atom. The zero-order valence-corrected chi connectivity index (χ0v) is 17.2. The van der Waals surface area contributed by atoms with Crippen molar-refractivity contribution in [3.63, 3.8) is 0 Å². The molecule has 1 N–H and O–H groups in total. The van der Waals surface area contributed by atoms with Gasteiger partial charge >= 0.3 is 0 Å². The SMILES string of the molecule is CCOCCCN[C@@H]1CCc2c(c(C(=O)N(C)Cc3ccoc3)nn2CC)C1. The monoisotopic (exact) mass is 388 g/mol. The molecule has 7 nitrogen and oxygen atoms in total. The van der Waals surface area contributed by atoms with E-state index in [-0.39, 0.29) is 5.91 Å². The lowest BCUT2D eigenvalue weighted by molar-refractivity contribution is 0.0777. The Morgan fingerprint density at radius 2 is 2.32 bits per heavy atom. The van der Waals surface area contributed by atoms with Crippen LogP contribution in [0.3, 0.4) is 0 Å². The van der Waals surface area contributed by atoms with Gasteiger partial charge in [0.05, 0.1) is 12.5 Å². The first-order chi connectivity index (χ1) is 13.6. The minimum Gasteiger partial charge on any atom is -0.472 e. The molecule has 2 aromatic heterocycles. The molecule has 1 atom stereocenters. The largest absolute Gasteiger partial charge is 0.472 e. The second kappa shape index (κ2) is 9.89. The Labute approximate surface area is 167 Å². The van der Waals surface area contributed by atoms with E-state index in [0.717, 1.165) is 63.1 Å². The van der Waals surface area contributed by atoms with Crippen molar-refractivity contribution in [1.29, 1.82) is 0 Å². The maximum absolute atomic E-state index is 13.1. The molecule has 0 fully saturated rings. The average molecular weight is 389 g/mol. The lowest BCUT2D eigenvalue weighted by atomic mass is 9.91. The first-order valence-electron chi connectivity index (χ1n) is 10.3. The molecule has 0 unspecified atom stereocenters. The number of aryl methyl sites for hydroxylation is 1. The van der Waals surface area contributed by atoms with E-state index in [0.29, 0.717) is 18.3 Å². The number of rotatable bonds is 10. The highest BCUT2D eigenvalue weighted by molar-refractivity contribution is 5.94. The highest BCUT2D eigenvalue weighted by atomic mass is 16.5. The standard InChI is InChI=1S/C21H32N4O3/c1-4-25-19-8-7-17(22-10-6-11-27-5-2)13-18(19)20(23-25)21(26)24(3)14-16-9-12-28-15-16/h9,12,15,17,22H,4-8,10-11,13-14H2,1-3H3/t17-/m1/s1. The van der Waals surface area contributed by atoms with E-state index in [2.05, 4.69) is 17.3 Å². The molecular weight excluding hydrogens is 356 g/mol. The zero-order valence-electron chi connectivity index (χ0n) is 17.2. The van der Waals surface area contributed by atoms with E-state index in [4.69, 9.17) is 9.15 Å². The van der Waals surface area contributed by atoms with Crippen LogP contribution in [0, 0.1) is 0 Å². The van der Waals surface area contributed by atoms with Crippen LogP contribution in [-0.4, -0.2) is 53.4 Å². The number of carbonyl (C=O) groups excluding carboxylic acids is 1. The smallest absolute Gasteiger partial charge is 0.274 e. The molecule has 1 aliphatic carbocycles. The van der Waals surface area contributed by atoms with E-state index in [1.807, 2.05) is 24.7 Å². The molecule has 0 aliphatic heterocycles. The maximum atomic E-state index is 13.1. The van der Waals surface area contributed by atoms with Crippen molar-refractivity contribution in [2.75, 3.05) is 26.8 Å². The summed E-state index contributed by atoms with van der Waals surface area (Å²) in [6, 6.07) is 2.26.